The Bertz CT molecular complexity index is 842. The quantitative estimate of drug-likeness (QED) is 0.492. The SMILES string of the molecule is COc1ccc(C(=O)N[C@H](CCSC)C(=O)Nc2cccc([N+](=O)[O-])c2)cc1. The van der Waals surface area contributed by atoms with E-state index in [0.29, 0.717) is 29.2 Å². The highest BCUT2D eigenvalue weighted by molar-refractivity contribution is 7.98. The molecule has 0 unspecified atom stereocenters. The highest BCUT2D eigenvalue weighted by atomic mass is 32.2. The molecule has 0 spiro atoms. The summed E-state index contributed by atoms with van der Waals surface area (Å²) < 4.78 is 5.07. The molecule has 0 fully saturated rings. The van der Waals surface area contributed by atoms with Crippen LogP contribution in [0.15, 0.2) is 48.5 Å². The zero-order valence-corrected chi connectivity index (χ0v) is 16.3. The number of amides is 2. The predicted molar refractivity (Wildman–Crippen MR) is 109 cm³/mol. The second kappa shape index (κ2) is 10.3. The van der Waals surface area contributed by atoms with E-state index in [0.717, 1.165) is 0 Å². The maximum Gasteiger partial charge on any atom is 0.271 e. The Kier molecular flexibility index (Phi) is 7.82. The number of non-ortho nitro benzene ring substituents is 1. The van der Waals surface area contributed by atoms with Crippen molar-refractivity contribution < 1.29 is 19.2 Å². The van der Waals surface area contributed by atoms with Crippen molar-refractivity contribution in [3.63, 3.8) is 0 Å². The zero-order chi connectivity index (χ0) is 20.5. The average Bonchev–Trinajstić information content (AvgIpc) is 2.71. The number of benzene rings is 2. The number of hydrogen-bond acceptors (Lipinski definition) is 6. The minimum Gasteiger partial charge on any atom is -0.497 e. The number of rotatable bonds is 9. The van der Waals surface area contributed by atoms with Crippen LogP contribution in [0.5, 0.6) is 5.75 Å². The average molecular weight is 403 g/mol. The Morgan fingerprint density at radius 2 is 1.93 bits per heavy atom. The summed E-state index contributed by atoms with van der Waals surface area (Å²) in [5.74, 6) is 0.467. The van der Waals surface area contributed by atoms with Crippen LogP contribution in [0.3, 0.4) is 0 Å². The van der Waals surface area contributed by atoms with Crippen LogP contribution < -0.4 is 15.4 Å². The van der Waals surface area contributed by atoms with E-state index in [9.17, 15) is 19.7 Å². The largest absolute Gasteiger partial charge is 0.497 e. The van der Waals surface area contributed by atoms with Gasteiger partial charge in [0.15, 0.2) is 0 Å². The molecule has 1 atom stereocenters. The van der Waals surface area contributed by atoms with Crippen LogP contribution in [0, 0.1) is 10.1 Å². The van der Waals surface area contributed by atoms with Gasteiger partial charge in [-0.25, -0.2) is 0 Å². The number of nitrogens with one attached hydrogen (secondary N) is 2. The normalized spacial score (nSPS) is 11.4. The molecule has 2 N–H and O–H groups in total. The van der Waals surface area contributed by atoms with Crippen LogP contribution in [0.25, 0.3) is 0 Å². The molecule has 0 saturated carbocycles. The molecule has 0 aliphatic heterocycles. The molecule has 8 nitrogen and oxygen atoms in total. The summed E-state index contributed by atoms with van der Waals surface area (Å²) in [6.07, 6.45) is 2.32. The van der Waals surface area contributed by atoms with Crippen LogP contribution in [-0.4, -0.2) is 41.9 Å². The van der Waals surface area contributed by atoms with E-state index >= 15 is 0 Å². The third-order valence-corrected chi connectivity index (χ3v) is 4.55. The van der Waals surface area contributed by atoms with Crippen LogP contribution in [0.2, 0.25) is 0 Å². The molecule has 0 radical (unpaired) electrons. The monoisotopic (exact) mass is 403 g/mol. The molecule has 2 aromatic carbocycles. The van der Waals surface area contributed by atoms with E-state index in [1.807, 2.05) is 6.26 Å². The maximum atomic E-state index is 12.6. The second-order valence-corrected chi connectivity index (χ2v) is 6.82. The molecule has 9 heteroatoms. The van der Waals surface area contributed by atoms with Gasteiger partial charge in [0, 0.05) is 23.4 Å². The third-order valence-electron chi connectivity index (χ3n) is 3.91. The van der Waals surface area contributed by atoms with Gasteiger partial charge in [-0.05, 0) is 48.8 Å². The van der Waals surface area contributed by atoms with Crippen molar-refractivity contribution in [3.8, 4) is 5.75 Å². The highest BCUT2D eigenvalue weighted by Gasteiger charge is 2.22. The van der Waals surface area contributed by atoms with E-state index in [1.54, 1.807) is 42.1 Å². The van der Waals surface area contributed by atoms with E-state index in [-0.39, 0.29) is 11.6 Å². The van der Waals surface area contributed by atoms with Crippen LogP contribution in [0.1, 0.15) is 16.8 Å². The van der Waals surface area contributed by atoms with Gasteiger partial charge < -0.3 is 15.4 Å². The van der Waals surface area contributed by atoms with Crippen LogP contribution in [-0.2, 0) is 4.79 Å². The lowest BCUT2D eigenvalue weighted by molar-refractivity contribution is -0.384. The first-order valence-corrected chi connectivity index (χ1v) is 9.83. The first-order valence-electron chi connectivity index (χ1n) is 8.43. The lowest BCUT2D eigenvalue weighted by atomic mass is 10.1. The molecule has 2 amide bonds. The minimum atomic E-state index is -0.777. The number of thioether (sulfide) groups is 1. The molecule has 0 aromatic heterocycles. The smallest absolute Gasteiger partial charge is 0.271 e. The lowest BCUT2D eigenvalue weighted by Gasteiger charge is -2.18. The topological polar surface area (TPSA) is 111 Å². The van der Waals surface area contributed by atoms with Gasteiger partial charge in [0.2, 0.25) is 5.91 Å². The maximum absolute atomic E-state index is 12.6. The standard InChI is InChI=1S/C19H21N3O5S/c1-27-16-8-6-13(7-9-16)18(23)21-17(10-11-28-2)19(24)20-14-4-3-5-15(12-14)22(25)26/h3-9,12,17H,10-11H2,1-2H3,(H,20,24)(H,21,23)/t17-/m1/s1. The summed E-state index contributed by atoms with van der Waals surface area (Å²) in [4.78, 5) is 35.5. The van der Waals surface area contributed by atoms with Crippen molar-refractivity contribution >= 4 is 35.0 Å². The predicted octanol–water partition coefficient (Wildman–Crippen LogP) is 3.09. The zero-order valence-electron chi connectivity index (χ0n) is 15.5. The highest BCUT2D eigenvalue weighted by Crippen LogP contribution is 2.18. The van der Waals surface area contributed by atoms with E-state index in [4.69, 9.17) is 4.74 Å². The number of hydrogen-bond donors (Lipinski definition) is 2. The minimum absolute atomic E-state index is 0.124. The van der Waals surface area contributed by atoms with Crippen molar-refractivity contribution in [2.45, 2.75) is 12.5 Å². The fraction of sp³-hybridized carbons (Fsp3) is 0.263. The van der Waals surface area contributed by atoms with E-state index in [1.165, 1.54) is 25.3 Å². The Hall–Kier alpha value is -3.07. The van der Waals surface area contributed by atoms with Crippen molar-refractivity contribution in [1.82, 2.24) is 5.32 Å². The molecule has 28 heavy (non-hydrogen) atoms. The number of nitro groups is 1. The van der Waals surface area contributed by atoms with Gasteiger partial charge in [-0.3, -0.25) is 19.7 Å². The number of nitrogens with zero attached hydrogens (tertiary/aromatic N) is 1. The number of ether oxygens (including phenoxy) is 1. The summed E-state index contributed by atoms with van der Waals surface area (Å²) >= 11 is 1.55. The van der Waals surface area contributed by atoms with Gasteiger partial charge in [-0.15, -0.1) is 0 Å². The summed E-state index contributed by atoms with van der Waals surface area (Å²) in [5, 5.41) is 16.2. The Balaban J connectivity index is 2.10. The molecule has 0 aliphatic carbocycles. The summed E-state index contributed by atoms with van der Waals surface area (Å²) in [6, 6.07) is 11.4. The summed E-state index contributed by atoms with van der Waals surface area (Å²) in [7, 11) is 1.53. The molecule has 148 valence electrons. The van der Waals surface area contributed by atoms with Gasteiger partial charge in [-0.2, -0.15) is 11.8 Å². The van der Waals surface area contributed by atoms with Gasteiger partial charge in [-0.1, -0.05) is 6.07 Å². The molecule has 2 rings (SSSR count). The number of nitro benzene ring substituents is 1. The molecule has 2 aromatic rings. The van der Waals surface area contributed by atoms with Crippen molar-refractivity contribution in [1.29, 1.82) is 0 Å². The third kappa shape index (κ3) is 5.98. The molecule has 0 heterocycles. The van der Waals surface area contributed by atoms with Crippen molar-refractivity contribution in [2.75, 3.05) is 24.4 Å². The van der Waals surface area contributed by atoms with Gasteiger partial charge in [0.05, 0.1) is 12.0 Å². The fourth-order valence-corrected chi connectivity index (χ4v) is 2.89. The molecular formula is C19H21N3O5S. The van der Waals surface area contributed by atoms with Crippen LogP contribution >= 0.6 is 11.8 Å². The molecular weight excluding hydrogens is 382 g/mol. The van der Waals surface area contributed by atoms with Gasteiger partial charge >= 0.3 is 0 Å². The van der Waals surface area contributed by atoms with Gasteiger partial charge in [0.1, 0.15) is 11.8 Å². The fourth-order valence-electron chi connectivity index (χ4n) is 2.42. The Morgan fingerprint density at radius 3 is 2.54 bits per heavy atom. The number of carbonyl (C=O) groups excluding carboxylic acids is 2. The van der Waals surface area contributed by atoms with Crippen LogP contribution in [0.4, 0.5) is 11.4 Å². The molecule has 0 aliphatic rings. The first kappa shape index (κ1) is 21.2. The molecule has 0 saturated heterocycles. The van der Waals surface area contributed by atoms with E-state index < -0.39 is 16.9 Å². The number of anilines is 1. The van der Waals surface area contributed by atoms with E-state index in [2.05, 4.69) is 10.6 Å². The number of carbonyl (C=O) groups is 2. The second-order valence-electron chi connectivity index (χ2n) is 5.83. The summed E-state index contributed by atoms with van der Waals surface area (Å²) in [5.41, 5.74) is 0.575. The van der Waals surface area contributed by atoms with Crippen molar-refractivity contribution in [3.05, 3.63) is 64.2 Å². The number of methoxy groups -OCH3 is 1. The lowest BCUT2D eigenvalue weighted by Crippen LogP contribution is -2.44. The summed E-state index contributed by atoms with van der Waals surface area (Å²) in [6.45, 7) is 0. The van der Waals surface area contributed by atoms with Crippen molar-refractivity contribution in [2.24, 2.45) is 0 Å². The van der Waals surface area contributed by atoms with Gasteiger partial charge in [0.25, 0.3) is 11.6 Å². The Labute approximate surface area is 166 Å². The first-order chi connectivity index (χ1) is 13.4. The molecule has 0 bridgehead atoms. The Morgan fingerprint density at radius 1 is 1.21 bits per heavy atom.